The molecular weight excluding hydrogens is 587 g/mol. The number of carbonyl (C=O) groups excluding carboxylic acids is 2. The van der Waals surface area contributed by atoms with Gasteiger partial charge in [-0.3, -0.25) is 4.79 Å². The Morgan fingerprint density at radius 2 is 1.86 bits per heavy atom. The van der Waals surface area contributed by atoms with Crippen LogP contribution < -0.4 is 16.0 Å². The van der Waals surface area contributed by atoms with Gasteiger partial charge < -0.3 is 25.6 Å². The van der Waals surface area contributed by atoms with Crippen molar-refractivity contribution < 1.29 is 14.3 Å². The van der Waals surface area contributed by atoms with Crippen molar-refractivity contribution in [3.8, 4) is 6.07 Å². The van der Waals surface area contributed by atoms with Crippen LogP contribution in [0.3, 0.4) is 0 Å². The van der Waals surface area contributed by atoms with Gasteiger partial charge in [-0.2, -0.15) is 5.26 Å². The number of nitrogens with one attached hydrogen (secondary N) is 3. The molecular formula is C31H35N5O3S3. The first-order chi connectivity index (χ1) is 20.0. The number of benzene rings is 2. The largest absolute Gasteiger partial charge is 0.444 e. The van der Waals surface area contributed by atoms with Gasteiger partial charge in [0, 0.05) is 27.7 Å². The van der Waals surface area contributed by atoms with E-state index in [9.17, 15) is 14.9 Å². The maximum Gasteiger partial charge on any atom is 0.410 e. The lowest BCUT2D eigenvalue weighted by Crippen LogP contribution is -2.39. The number of anilines is 3. The first-order valence-electron chi connectivity index (χ1n) is 13.7. The van der Waals surface area contributed by atoms with Gasteiger partial charge in [-0.15, -0.1) is 23.1 Å². The number of thiophene rings is 1. The predicted molar refractivity (Wildman–Crippen MR) is 175 cm³/mol. The number of nitrogens with zero attached hydrogens (tertiary/aromatic N) is 2. The first-order valence-corrected chi connectivity index (χ1v) is 15.8. The van der Waals surface area contributed by atoms with Gasteiger partial charge in [-0.25, -0.2) is 4.79 Å². The second-order valence-electron chi connectivity index (χ2n) is 10.9. The molecule has 0 saturated heterocycles. The number of thiocarbonyl (C=S) groups is 1. The van der Waals surface area contributed by atoms with Crippen LogP contribution in [0, 0.1) is 18.3 Å². The minimum Gasteiger partial charge on any atom is -0.444 e. The Morgan fingerprint density at radius 1 is 1.14 bits per heavy atom. The highest BCUT2D eigenvalue weighted by atomic mass is 32.2. The molecule has 1 aliphatic heterocycles. The van der Waals surface area contributed by atoms with E-state index in [2.05, 4.69) is 22.0 Å². The zero-order valence-corrected chi connectivity index (χ0v) is 26.8. The molecule has 2 aromatic carbocycles. The lowest BCUT2D eigenvalue weighted by Gasteiger charge is -2.29. The fourth-order valence-corrected chi connectivity index (χ4v) is 6.81. The van der Waals surface area contributed by atoms with Crippen molar-refractivity contribution in [2.45, 2.75) is 69.8 Å². The smallest absolute Gasteiger partial charge is 0.410 e. The summed E-state index contributed by atoms with van der Waals surface area (Å²) in [6.45, 7) is 10.3. The molecule has 2 heterocycles. The van der Waals surface area contributed by atoms with Gasteiger partial charge in [-0.05, 0) is 88.6 Å². The van der Waals surface area contributed by atoms with E-state index in [4.69, 9.17) is 17.0 Å². The number of fused-ring (bicyclic) bond motifs is 1. The van der Waals surface area contributed by atoms with E-state index in [1.807, 2.05) is 83.1 Å². The molecule has 1 aromatic heterocycles. The summed E-state index contributed by atoms with van der Waals surface area (Å²) >= 11 is 8.29. The van der Waals surface area contributed by atoms with E-state index in [0.717, 1.165) is 26.7 Å². The zero-order valence-electron chi connectivity index (χ0n) is 24.4. The molecule has 0 aliphatic carbocycles. The first kappa shape index (κ1) is 31.3. The third kappa shape index (κ3) is 8.25. The molecule has 0 radical (unpaired) electrons. The summed E-state index contributed by atoms with van der Waals surface area (Å²) in [4.78, 5) is 29.4. The number of rotatable bonds is 7. The van der Waals surface area contributed by atoms with E-state index in [1.54, 1.807) is 4.90 Å². The minimum atomic E-state index is -0.587. The Hall–Kier alpha value is -3.59. The second kappa shape index (κ2) is 13.6. The number of carbonyl (C=O) groups is 2. The minimum absolute atomic E-state index is 0.170. The van der Waals surface area contributed by atoms with E-state index in [-0.39, 0.29) is 17.3 Å². The van der Waals surface area contributed by atoms with Crippen LogP contribution in [0.25, 0.3) is 0 Å². The number of thioether (sulfide) groups is 1. The lowest BCUT2D eigenvalue weighted by atomic mass is 10.0. The number of hydrogen-bond acceptors (Lipinski definition) is 7. The molecule has 1 atom stereocenters. The molecule has 220 valence electrons. The molecule has 0 fully saturated rings. The van der Waals surface area contributed by atoms with Crippen molar-refractivity contribution >= 4 is 68.8 Å². The summed E-state index contributed by atoms with van der Waals surface area (Å²) in [5, 5.41) is 19.9. The highest BCUT2D eigenvalue weighted by molar-refractivity contribution is 8.00. The Kier molecular flexibility index (Phi) is 10.1. The molecule has 11 heteroatoms. The molecule has 8 nitrogen and oxygen atoms in total. The number of nitriles is 1. The van der Waals surface area contributed by atoms with Gasteiger partial charge in [0.05, 0.1) is 17.4 Å². The van der Waals surface area contributed by atoms with Crippen LogP contribution in [0.15, 0.2) is 53.4 Å². The average molecular weight is 622 g/mol. The van der Waals surface area contributed by atoms with Crippen LogP contribution in [0.2, 0.25) is 0 Å². The van der Waals surface area contributed by atoms with E-state index in [1.165, 1.54) is 28.7 Å². The molecule has 2 amide bonds. The summed E-state index contributed by atoms with van der Waals surface area (Å²) in [6, 6.07) is 18.0. The van der Waals surface area contributed by atoms with Crippen molar-refractivity contribution in [1.82, 2.24) is 4.90 Å². The molecule has 3 aromatic rings. The SMILES string of the molecule is CCC(Sc1cccc(NC(=S)Nc2ccc(C)cc2)c1)C(=O)Nc1sc2c(c1C#N)CCN(C(=O)OC(C)(C)C)C2. The molecule has 1 aliphatic rings. The third-order valence-electron chi connectivity index (χ3n) is 6.40. The fraction of sp³-hybridized carbons (Fsp3) is 0.355. The molecule has 0 spiro atoms. The number of ether oxygens (including phenoxy) is 1. The quantitative estimate of drug-likeness (QED) is 0.184. The van der Waals surface area contributed by atoms with Crippen molar-refractivity contribution in [2.75, 3.05) is 22.5 Å². The fourth-order valence-electron chi connectivity index (χ4n) is 4.35. The summed E-state index contributed by atoms with van der Waals surface area (Å²) < 4.78 is 5.52. The third-order valence-corrected chi connectivity index (χ3v) is 9.09. The zero-order chi connectivity index (χ0) is 30.4. The maximum absolute atomic E-state index is 13.4. The van der Waals surface area contributed by atoms with E-state index < -0.39 is 5.60 Å². The van der Waals surface area contributed by atoms with Gasteiger partial charge in [-0.1, -0.05) is 30.7 Å². The monoisotopic (exact) mass is 621 g/mol. The number of hydrogen-bond donors (Lipinski definition) is 3. The van der Waals surface area contributed by atoms with Gasteiger partial charge >= 0.3 is 6.09 Å². The summed E-state index contributed by atoms with van der Waals surface area (Å²) in [5.74, 6) is -0.170. The Morgan fingerprint density at radius 3 is 2.52 bits per heavy atom. The van der Waals surface area contributed by atoms with Gasteiger partial charge in [0.2, 0.25) is 5.91 Å². The average Bonchev–Trinajstić information content (AvgIpc) is 3.28. The van der Waals surface area contributed by atoms with Crippen molar-refractivity contribution in [3.63, 3.8) is 0 Å². The summed E-state index contributed by atoms with van der Waals surface area (Å²) in [6.07, 6.45) is 0.758. The van der Waals surface area contributed by atoms with Crippen LogP contribution >= 0.6 is 35.3 Å². The van der Waals surface area contributed by atoms with Crippen LogP contribution in [0.1, 0.15) is 55.7 Å². The molecule has 1 unspecified atom stereocenters. The lowest BCUT2D eigenvalue weighted by molar-refractivity contribution is -0.115. The highest BCUT2D eigenvalue weighted by Gasteiger charge is 2.30. The summed E-state index contributed by atoms with van der Waals surface area (Å²) in [7, 11) is 0. The van der Waals surface area contributed by atoms with Crippen LogP contribution in [0.4, 0.5) is 21.2 Å². The van der Waals surface area contributed by atoms with Crippen LogP contribution in [-0.2, 0) is 22.5 Å². The number of amides is 2. The molecule has 0 saturated carbocycles. The predicted octanol–water partition coefficient (Wildman–Crippen LogP) is 7.54. The highest BCUT2D eigenvalue weighted by Crippen LogP contribution is 2.38. The molecule has 4 rings (SSSR count). The number of aryl methyl sites for hydroxylation is 1. The normalized spacial score (nSPS) is 13.4. The summed E-state index contributed by atoms with van der Waals surface area (Å²) in [5.41, 5.74) is 3.67. The molecule has 42 heavy (non-hydrogen) atoms. The van der Waals surface area contributed by atoms with Crippen molar-refractivity contribution in [2.24, 2.45) is 0 Å². The maximum atomic E-state index is 13.4. The van der Waals surface area contributed by atoms with Gasteiger partial charge in [0.15, 0.2) is 5.11 Å². The van der Waals surface area contributed by atoms with Crippen molar-refractivity contribution in [1.29, 1.82) is 5.26 Å². The van der Waals surface area contributed by atoms with Crippen molar-refractivity contribution in [3.05, 3.63) is 70.1 Å². The Labute approximate surface area is 260 Å². The van der Waals surface area contributed by atoms with Crippen LogP contribution in [-0.4, -0.2) is 39.4 Å². The topological polar surface area (TPSA) is 106 Å². The Balaban J connectivity index is 1.40. The van der Waals surface area contributed by atoms with Crippen LogP contribution in [0.5, 0.6) is 0 Å². The van der Waals surface area contributed by atoms with E-state index >= 15 is 0 Å². The standard InChI is InChI=1S/C31H35N5O3S3/c1-6-25(41-22-9-7-8-21(16-22)34-29(40)33-20-12-10-19(2)11-13-20)27(37)35-28-24(17-32)23-14-15-36(18-26(23)42-28)30(38)39-31(3,4)5/h7-13,16,25H,6,14-15,18H2,1-5H3,(H,35,37)(H2,33,34,40). The van der Waals surface area contributed by atoms with Gasteiger partial charge in [0.1, 0.15) is 16.7 Å². The second-order valence-corrected chi connectivity index (χ2v) is 13.7. The van der Waals surface area contributed by atoms with E-state index in [0.29, 0.717) is 41.6 Å². The Bertz CT molecular complexity index is 1510. The molecule has 3 N–H and O–H groups in total. The van der Waals surface area contributed by atoms with Gasteiger partial charge in [0.25, 0.3) is 0 Å². The molecule has 0 bridgehead atoms.